The van der Waals surface area contributed by atoms with Crippen molar-refractivity contribution in [1.82, 2.24) is 14.5 Å². The lowest BCUT2D eigenvalue weighted by Crippen LogP contribution is -2.18. The number of pyridine rings is 1. The zero-order valence-corrected chi connectivity index (χ0v) is 9.18. The minimum atomic E-state index is -0.505. The Morgan fingerprint density at radius 2 is 2.38 bits per heavy atom. The first-order chi connectivity index (χ1) is 7.74. The number of primary amides is 1. The van der Waals surface area contributed by atoms with Crippen LogP contribution in [-0.4, -0.2) is 20.4 Å². The van der Waals surface area contributed by atoms with E-state index in [1.165, 1.54) is 0 Å². The summed E-state index contributed by atoms with van der Waals surface area (Å²) in [5.74, 6) is -0.212. The van der Waals surface area contributed by atoms with Crippen LogP contribution in [-0.2, 0) is 6.54 Å². The average Bonchev–Trinajstić information content (AvgIpc) is 2.65. The number of unbranched alkanes of at least 4 members (excludes halogenated alkanes) is 1. The Balaban J connectivity index is 2.55. The van der Waals surface area contributed by atoms with Gasteiger partial charge >= 0.3 is 0 Å². The van der Waals surface area contributed by atoms with Crippen molar-refractivity contribution < 1.29 is 4.79 Å². The van der Waals surface area contributed by atoms with Crippen molar-refractivity contribution in [3.8, 4) is 0 Å². The van der Waals surface area contributed by atoms with Crippen molar-refractivity contribution in [2.75, 3.05) is 0 Å². The third kappa shape index (κ3) is 1.76. The van der Waals surface area contributed by atoms with E-state index in [1.807, 2.05) is 6.07 Å². The van der Waals surface area contributed by atoms with Crippen molar-refractivity contribution in [1.29, 1.82) is 0 Å². The van der Waals surface area contributed by atoms with E-state index in [-0.39, 0.29) is 0 Å². The van der Waals surface area contributed by atoms with Crippen molar-refractivity contribution in [3.63, 3.8) is 0 Å². The minimum absolute atomic E-state index is 0.294. The maximum Gasteiger partial charge on any atom is 0.284 e. The Kier molecular flexibility index (Phi) is 2.85. The molecule has 0 aliphatic carbocycles. The van der Waals surface area contributed by atoms with Crippen molar-refractivity contribution in [2.24, 2.45) is 5.73 Å². The fourth-order valence-corrected chi connectivity index (χ4v) is 1.67. The number of hydrogen-bond acceptors (Lipinski definition) is 3. The van der Waals surface area contributed by atoms with Gasteiger partial charge in [-0.1, -0.05) is 13.3 Å². The van der Waals surface area contributed by atoms with Gasteiger partial charge in [-0.3, -0.25) is 4.79 Å². The molecule has 0 radical (unpaired) electrons. The summed E-state index contributed by atoms with van der Waals surface area (Å²) in [7, 11) is 0. The van der Waals surface area contributed by atoms with E-state index in [0.717, 1.165) is 25.0 Å². The Labute approximate surface area is 93.3 Å². The van der Waals surface area contributed by atoms with Crippen LogP contribution in [0.15, 0.2) is 18.3 Å². The number of fused-ring (bicyclic) bond motifs is 1. The van der Waals surface area contributed by atoms with Crippen molar-refractivity contribution in [2.45, 2.75) is 26.3 Å². The van der Waals surface area contributed by atoms with Crippen LogP contribution >= 0.6 is 0 Å². The van der Waals surface area contributed by atoms with Gasteiger partial charge in [0.1, 0.15) is 5.52 Å². The molecular formula is C11H14N4O. The molecule has 0 bridgehead atoms. The highest BCUT2D eigenvalue weighted by molar-refractivity contribution is 5.92. The second-order valence-corrected chi connectivity index (χ2v) is 3.65. The number of aryl methyl sites for hydroxylation is 1. The maximum absolute atomic E-state index is 11.3. The second kappa shape index (κ2) is 4.30. The minimum Gasteiger partial charge on any atom is -0.363 e. The molecule has 0 unspecified atom stereocenters. The number of hydrogen-bond donors (Lipinski definition) is 1. The number of imidazole rings is 1. The number of amides is 1. The summed E-state index contributed by atoms with van der Waals surface area (Å²) in [5, 5.41) is 0. The predicted molar refractivity (Wildman–Crippen MR) is 61.0 cm³/mol. The molecule has 5 heteroatoms. The summed E-state index contributed by atoms with van der Waals surface area (Å²) >= 11 is 0. The van der Waals surface area contributed by atoms with Gasteiger partial charge in [-0.05, 0) is 18.6 Å². The monoisotopic (exact) mass is 218 g/mol. The molecule has 0 aromatic carbocycles. The predicted octanol–water partition coefficient (Wildman–Crippen LogP) is 1.33. The summed E-state index contributed by atoms with van der Waals surface area (Å²) in [6, 6.07) is 3.63. The zero-order chi connectivity index (χ0) is 11.5. The van der Waals surface area contributed by atoms with Crippen LogP contribution in [0.3, 0.4) is 0 Å². The third-order valence-corrected chi connectivity index (χ3v) is 2.46. The Morgan fingerprint density at radius 1 is 1.56 bits per heavy atom. The van der Waals surface area contributed by atoms with Gasteiger partial charge in [-0.15, -0.1) is 0 Å². The molecule has 16 heavy (non-hydrogen) atoms. The van der Waals surface area contributed by atoms with E-state index in [2.05, 4.69) is 16.9 Å². The van der Waals surface area contributed by atoms with Gasteiger partial charge in [0.2, 0.25) is 5.82 Å². The van der Waals surface area contributed by atoms with E-state index in [9.17, 15) is 4.79 Å². The SMILES string of the molecule is CCCCn1c(C(N)=O)nc2cccnc21. The second-order valence-electron chi connectivity index (χ2n) is 3.65. The Hall–Kier alpha value is -1.91. The molecule has 2 aromatic rings. The molecule has 0 aliphatic rings. The molecule has 0 saturated heterocycles. The van der Waals surface area contributed by atoms with Crippen LogP contribution in [0.25, 0.3) is 11.2 Å². The van der Waals surface area contributed by atoms with Gasteiger partial charge in [0.25, 0.3) is 5.91 Å². The Morgan fingerprint density at radius 3 is 3.06 bits per heavy atom. The van der Waals surface area contributed by atoms with Crippen molar-refractivity contribution in [3.05, 3.63) is 24.2 Å². The number of carbonyl (C=O) groups excluding carboxylic acids is 1. The third-order valence-electron chi connectivity index (χ3n) is 2.46. The normalized spacial score (nSPS) is 10.8. The van der Waals surface area contributed by atoms with Crippen LogP contribution in [0.1, 0.15) is 30.4 Å². The lowest BCUT2D eigenvalue weighted by atomic mass is 10.3. The summed E-state index contributed by atoms with van der Waals surface area (Å²) in [6.07, 6.45) is 3.71. The summed E-state index contributed by atoms with van der Waals surface area (Å²) in [4.78, 5) is 19.7. The lowest BCUT2D eigenvalue weighted by Gasteiger charge is -2.04. The largest absolute Gasteiger partial charge is 0.363 e. The van der Waals surface area contributed by atoms with Crippen LogP contribution in [0.4, 0.5) is 0 Å². The molecule has 84 valence electrons. The standard InChI is InChI=1S/C11H14N4O/c1-2-3-7-15-10-8(5-4-6-13-10)14-11(15)9(12)16/h4-6H,2-3,7H2,1H3,(H2,12,16). The maximum atomic E-state index is 11.3. The number of rotatable bonds is 4. The molecular weight excluding hydrogens is 204 g/mol. The molecule has 2 N–H and O–H groups in total. The van der Waals surface area contributed by atoms with Gasteiger partial charge in [-0.2, -0.15) is 0 Å². The van der Waals surface area contributed by atoms with Gasteiger partial charge < -0.3 is 10.3 Å². The molecule has 5 nitrogen and oxygen atoms in total. The van der Waals surface area contributed by atoms with E-state index < -0.39 is 5.91 Å². The fraction of sp³-hybridized carbons (Fsp3) is 0.364. The van der Waals surface area contributed by atoms with Crippen LogP contribution in [0.5, 0.6) is 0 Å². The highest BCUT2D eigenvalue weighted by atomic mass is 16.1. The van der Waals surface area contributed by atoms with Gasteiger partial charge in [0, 0.05) is 12.7 Å². The summed E-state index contributed by atoms with van der Waals surface area (Å²) < 4.78 is 1.79. The number of carbonyl (C=O) groups is 1. The first-order valence-electron chi connectivity index (χ1n) is 5.35. The molecule has 0 atom stereocenters. The molecule has 0 aliphatic heterocycles. The topological polar surface area (TPSA) is 73.8 Å². The molecule has 2 heterocycles. The van der Waals surface area contributed by atoms with E-state index in [4.69, 9.17) is 5.73 Å². The first kappa shape index (κ1) is 10.6. The van der Waals surface area contributed by atoms with Gasteiger partial charge in [0.15, 0.2) is 5.65 Å². The van der Waals surface area contributed by atoms with E-state index >= 15 is 0 Å². The first-order valence-corrected chi connectivity index (χ1v) is 5.35. The van der Waals surface area contributed by atoms with Crippen LogP contribution in [0.2, 0.25) is 0 Å². The smallest absolute Gasteiger partial charge is 0.284 e. The van der Waals surface area contributed by atoms with Gasteiger partial charge in [0.05, 0.1) is 0 Å². The van der Waals surface area contributed by atoms with E-state index in [1.54, 1.807) is 16.8 Å². The molecule has 0 fully saturated rings. The van der Waals surface area contributed by atoms with E-state index in [0.29, 0.717) is 11.3 Å². The highest BCUT2D eigenvalue weighted by Gasteiger charge is 2.14. The molecule has 2 rings (SSSR count). The highest BCUT2D eigenvalue weighted by Crippen LogP contribution is 2.14. The van der Waals surface area contributed by atoms with Crippen LogP contribution < -0.4 is 5.73 Å². The lowest BCUT2D eigenvalue weighted by molar-refractivity contribution is 0.0986. The molecule has 0 spiro atoms. The quantitative estimate of drug-likeness (QED) is 0.841. The molecule has 0 saturated carbocycles. The zero-order valence-electron chi connectivity index (χ0n) is 9.18. The van der Waals surface area contributed by atoms with Crippen molar-refractivity contribution >= 4 is 17.1 Å². The molecule has 2 aromatic heterocycles. The Bertz CT molecular complexity index is 518. The number of aromatic nitrogens is 3. The summed E-state index contributed by atoms with van der Waals surface area (Å²) in [5.41, 5.74) is 6.74. The molecule has 1 amide bonds. The average molecular weight is 218 g/mol. The number of nitrogens with two attached hydrogens (primary N) is 1. The number of nitrogens with zero attached hydrogens (tertiary/aromatic N) is 3. The van der Waals surface area contributed by atoms with Crippen LogP contribution in [0, 0.1) is 0 Å². The summed E-state index contributed by atoms with van der Waals surface area (Å²) in [6.45, 7) is 2.82. The van der Waals surface area contributed by atoms with Gasteiger partial charge in [-0.25, -0.2) is 9.97 Å². The fourth-order valence-electron chi connectivity index (χ4n) is 1.67.